The summed E-state index contributed by atoms with van der Waals surface area (Å²) in [5.41, 5.74) is 1.23. The molecule has 1 aliphatic heterocycles. The number of rotatable bonds is 4. The third kappa shape index (κ3) is 3.54. The smallest absolute Gasteiger partial charge is 0.138 e. The third-order valence-electron chi connectivity index (χ3n) is 3.57. The second-order valence-electron chi connectivity index (χ2n) is 4.89. The summed E-state index contributed by atoms with van der Waals surface area (Å²) in [4.78, 5) is 14.0. The zero-order chi connectivity index (χ0) is 12.8. The summed E-state index contributed by atoms with van der Waals surface area (Å²) < 4.78 is 0. The number of likely N-dealkylation sites (tertiary alicyclic amines) is 1. The quantitative estimate of drug-likeness (QED) is 0.810. The highest BCUT2D eigenvalue weighted by Gasteiger charge is 2.24. The number of hydrogen-bond donors (Lipinski definition) is 0. The molecule has 2 rings (SSSR count). The van der Waals surface area contributed by atoms with E-state index in [1.54, 1.807) is 0 Å². The minimum atomic E-state index is 0.254. The molecule has 1 aromatic carbocycles. The van der Waals surface area contributed by atoms with E-state index in [0.29, 0.717) is 5.78 Å². The molecule has 0 aromatic heterocycles. The molecule has 0 aliphatic carbocycles. The summed E-state index contributed by atoms with van der Waals surface area (Å²) in [6.45, 7) is 4.88. The number of nitrogens with zero attached hydrogens (tertiary/aromatic N) is 1. The molecule has 0 saturated carbocycles. The fourth-order valence-electron chi connectivity index (χ4n) is 2.40. The van der Waals surface area contributed by atoms with Gasteiger partial charge in [-0.1, -0.05) is 49.4 Å². The molecule has 1 aromatic rings. The summed E-state index contributed by atoms with van der Waals surface area (Å²) >= 11 is 0. The van der Waals surface area contributed by atoms with Gasteiger partial charge in [0.15, 0.2) is 0 Å². The van der Waals surface area contributed by atoms with Gasteiger partial charge in [0.1, 0.15) is 5.78 Å². The van der Waals surface area contributed by atoms with Gasteiger partial charge in [0.2, 0.25) is 0 Å². The normalized spacial score (nSPS) is 21.6. The molecule has 1 atom stereocenters. The molecular formula is C16H21NO. The zero-order valence-corrected chi connectivity index (χ0v) is 11.0. The summed E-state index contributed by atoms with van der Waals surface area (Å²) in [6.07, 6.45) is 6.03. The topological polar surface area (TPSA) is 20.3 Å². The van der Waals surface area contributed by atoms with Crippen LogP contribution in [0.2, 0.25) is 0 Å². The van der Waals surface area contributed by atoms with Crippen LogP contribution in [0.1, 0.15) is 25.3 Å². The van der Waals surface area contributed by atoms with E-state index in [1.165, 1.54) is 5.56 Å². The first-order valence-corrected chi connectivity index (χ1v) is 6.76. The van der Waals surface area contributed by atoms with Crippen LogP contribution in [0.4, 0.5) is 0 Å². The standard InChI is InChI=1S/C16H21NO/c1-2-15-13-17(12-10-16(15)18)11-6-9-14-7-4-3-5-8-14/h3-9,15H,2,10-13H2,1H3/b9-6+. The van der Waals surface area contributed by atoms with Crippen LogP contribution < -0.4 is 0 Å². The summed E-state index contributed by atoms with van der Waals surface area (Å²) in [5.74, 6) is 0.699. The van der Waals surface area contributed by atoms with Gasteiger partial charge in [0, 0.05) is 32.0 Å². The highest BCUT2D eigenvalue weighted by atomic mass is 16.1. The van der Waals surface area contributed by atoms with Crippen molar-refractivity contribution in [2.24, 2.45) is 5.92 Å². The van der Waals surface area contributed by atoms with Gasteiger partial charge in [-0.15, -0.1) is 0 Å². The number of piperidine rings is 1. The van der Waals surface area contributed by atoms with E-state index in [4.69, 9.17) is 0 Å². The predicted octanol–water partition coefficient (Wildman–Crippen LogP) is 3.00. The molecule has 0 amide bonds. The molecule has 1 heterocycles. The van der Waals surface area contributed by atoms with Crippen LogP contribution >= 0.6 is 0 Å². The van der Waals surface area contributed by atoms with Gasteiger partial charge >= 0.3 is 0 Å². The van der Waals surface area contributed by atoms with E-state index in [2.05, 4.69) is 36.1 Å². The number of carbonyl (C=O) groups excluding carboxylic acids is 1. The van der Waals surface area contributed by atoms with Crippen LogP contribution in [0.3, 0.4) is 0 Å². The Morgan fingerprint density at radius 2 is 2.11 bits per heavy atom. The molecule has 1 unspecified atom stereocenters. The van der Waals surface area contributed by atoms with Crippen LogP contribution in [-0.2, 0) is 4.79 Å². The Labute approximate surface area is 109 Å². The van der Waals surface area contributed by atoms with Gasteiger partial charge < -0.3 is 0 Å². The second-order valence-corrected chi connectivity index (χ2v) is 4.89. The fraction of sp³-hybridized carbons (Fsp3) is 0.438. The van der Waals surface area contributed by atoms with Gasteiger partial charge in [0.05, 0.1) is 0 Å². The van der Waals surface area contributed by atoms with Crippen molar-refractivity contribution in [1.82, 2.24) is 4.90 Å². The van der Waals surface area contributed by atoms with Crippen LogP contribution in [-0.4, -0.2) is 30.3 Å². The fourth-order valence-corrected chi connectivity index (χ4v) is 2.40. The largest absolute Gasteiger partial charge is 0.299 e. The first kappa shape index (κ1) is 13.0. The summed E-state index contributed by atoms with van der Waals surface area (Å²) in [7, 11) is 0. The van der Waals surface area contributed by atoms with Crippen LogP contribution in [0, 0.1) is 5.92 Å². The highest BCUT2D eigenvalue weighted by molar-refractivity contribution is 5.82. The first-order chi connectivity index (χ1) is 8.79. The Morgan fingerprint density at radius 1 is 1.33 bits per heavy atom. The maximum absolute atomic E-state index is 11.6. The van der Waals surface area contributed by atoms with Crippen molar-refractivity contribution in [2.75, 3.05) is 19.6 Å². The predicted molar refractivity (Wildman–Crippen MR) is 75.3 cm³/mol. The Kier molecular flexibility index (Phi) is 4.71. The molecule has 0 bridgehead atoms. The van der Waals surface area contributed by atoms with E-state index in [-0.39, 0.29) is 5.92 Å². The number of hydrogen-bond acceptors (Lipinski definition) is 2. The Balaban J connectivity index is 1.84. The first-order valence-electron chi connectivity index (χ1n) is 6.76. The molecule has 18 heavy (non-hydrogen) atoms. The lowest BCUT2D eigenvalue weighted by Gasteiger charge is -2.30. The molecule has 96 valence electrons. The average molecular weight is 243 g/mol. The van der Waals surface area contributed by atoms with Crippen LogP contribution in [0.15, 0.2) is 36.4 Å². The second kappa shape index (κ2) is 6.50. The monoisotopic (exact) mass is 243 g/mol. The van der Waals surface area contributed by atoms with Crippen molar-refractivity contribution < 1.29 is 4.79 Å². The van der Waals surface area contributed by atoms with Crippen molar-refractivity contribution in [3.05, 3.63) is 42.0 Å². The lowest BCUT2D eigenvalue weighted by atomic mass is 9.94. The van der Waals surface area contributed by atoms with E-state index in [0.717, 1.165) is 32.5 Å². The highest BCUT2D eigenvalue weighted by Crippen LogP contribution is 2.15. The van der Waals surface area contributed by atoms with E-state index < -0.39 is 0 Å². The van der Waals surface area contributed by atoms with Gasteiger partial charge in [-0.25, -0.2) is 0 Å². The summed E-state index contributed by atoms with van der Waals surface area (Å²) in [5, 5.41) is 0. The molecule has 1 saturated heterocycles. The molecule has 1 aliphatic rings. The molecule has 0 N–H and O–H groups in total. The van der Waals surface area contributed by atoms with Gasteiger partial charge in [-0.3, -0.25) is 9.69 Å². The van der Waals surface area contributed by atoms with Gasteiger partial charge in [-0.05, 0) is 12.0 Å². The van der Waals surface area contributed by atoms with Crippen molar-refractivity contribution in [2.45, 2.75) is 19.8 Å². The van der Waals surface area contributed by atoms with E-state index in [1.807, 2.05) is 18.2 Å². The average Bonchev–Trinajstić information content (AvgIpc) is 2.42. The molecule has 0 radical (unpaired) electrons. The lowest BCUT2D eigenvalue weighted by molar-refractivity contribution is -0.126. The Hall–Kier alpha value is -1.41. The number of carbonyl (C=O) groups is 1. The minimum absolute atomic E-state index is 0.254. The minimum Gasteiger partial charge on any atom is -0.299 e. The maximum atomic E-state index is 11.6. The molecular weight excluding hydrogens is 222 g/mol. The van der Waals surface area contributed by atoms with Crippen LogP contribution in [0.5, 0.6) is 0 Å². The van der Waals surface area contributed by atoms with Crippen molar-refractivity contribution >= 4 is 11.9 Å². The number of ketones is 1. The molecule has 2 nitrogen and oxygen atoms in total. The number of benzene rings is 1. The van der Waals surface area contributed by atoms with Crippen LogP contribution in [0.25, 0.3) is 6.08 Å². The molecule has 0 spiro atoms. The SMILES string of the molecule is CCC1CN(C/C=C/c2ccccc2)CCC1=O. The van der Waals surface area contributed by atoms with E-state index >= 15 is 0 Å². The Morgan fingerprint density at radius 3 is 2.83 bits per heavy atom. The van der Waals surface area contributed by atoms with Crippen molar-refractivity contribution in [1.29, 1.82) is 0 Å². The zero-order valence-electron chi connectivity index (χ0n) is 11.0. The molecule has 2 heteroatoms. The molecule has 1 fully saturated rings. The van der Waals surface area contributed by atoms with Crippen molar-refractivity contribution in [3.63, 3.8) is 0 Å². The summed E-state index contributed by atoms with van der Waals surface area (Å²) in [6, 6.07) is 10.3. The Bertz CT molecular complexity index is 410. The maximum Gasteiger partial charge on any atom is 0.138 e. The van der Waals surface area contributed by atoms with Gasteiger partial charge in [-0.2, -0.15) is 0 Å². The van der Waals surface area contributed by atoms with Gasteiger partial charge in [0.25, 0.3) is 0 Å². The van der Waals surface area contributed by atoms with E-state index in [9.17, 15) is 4.79 Å². The third-order valence-corrected chi connectivity index (χ3v) is 3.57. The number of Topliss-reactive ketones (excluding diaryl/α,β-unsaturated/α-hetero) is 1. The van der Waals surface area contributed by atoms with Crippen molar-refractivity contribution in [3.8, 4) is 0 Å². The lowest BCUT2D eigenvalue weighted by Crippen LogP contribution is -2.40.